The summed E-state index contributed by atoms with van der Waals surface area (Å²) in [6.07, 6.45) is 0. The van der Waals surface area contributed by atoms with Gasteiger partial charge in [0, 0.05) is 44.3 Å². The second-order valence-corrected chi connectivity index (χ2v) is 15.7. The number of para-hydroxylation sites is 2. The van der Waals surface area contributed by atoms with Gasteiger partial charge in [-0.2, -0.15) is 0 Å². The molecule has 0 saturated heterocycles. The minimum Gasteiger partial charge on any atom is -0.456 e. The first-order chi connectivity index (χ1) is 30.2. The molecule has 11 aromatic carbocycles. The Morgan fingerprint density at radius 3 is 1.62 bits per heavy atom. The fraction of sp³-hybridized carbons (Fsp3) is 0. The highest BCUT2D eigenvalue weighted by Crippen LogP contribution is 2.47. The van der Waals surface area contributed by atoms with Gasteiger partial charge in [-0.05, 0) is 116 Å². The second kappa shape index (κ2) is 14.3. The van der Waals surface area contributed by atoms with Gasteiger partial charge in [0.15, 0.2) is 0 Å². The Morgan fingerprint density at radius 1 is 0.262 bits per heavy atom. The van der Waals surface area contributed by atoms with E-state index in [-0.39, 0.29) is 0 Å². The van der Waals surface area contributed by atoms with E-state index in [9.17, 15) is 0 Å². The van der Waals surface area contributed by atoms with Crippen molar-refractivity contribution in [3.05, 3.63) is 231 Å². The van der Waals surface area contributed by atoms with Gasteiger partial charge in [0.2, 0.25) is 0 Å². The third-order valence-corrected chi connectivity index (χ3v) is 12.2. The minimum absolute atomic E-state index is 0.880. The van der Waals surface area contributed by atoms with Crippen LogP contribution in [0.15, 0.2) is 235 Å². The lowest BCUT2D eigenvalue weighted by molar-refractivity contribution is 0.669. The molecule has 0 aliphatic carbocycles. The normalized spacial score (nSPS) is 11.6. The standard InChI is InChI=1S/C58H38N2O/c1-2-19-43(20-3-1)59(46-33-35-58-54(38-46)52-24-10-11-27-57(52)61-58)45-32-34-51-53(37-45)49-22-8-6-16-42(49)36-56(51)60(55-26-13-18-40-15-5-9-23-50(40)55)44-30-28-41(29-31-44)48-25-12-17-39-14-4-7-21-47(39)48/h1-38H. The molecule has 0 saturated carbocycles. The van der Waals surface area contributed by atoms with Crippen LogP contribution in [0.5, 0.6) is 0 Å². The van der Waals surface area contributed by atoms with Crippen molar-refractivity contribution in [2.75, 3.05) is 9.80 Å². The molecule has 0 aliphatic rings. The minimum atomic E-state index is 0.880. The lowest BCUT2D eigenvalue weighted by Gasteiger charge is -2.30. The van der Waals surface area contributed by atoms with Crippen molar-refractivity contribution in [3.8, 4) is 11.1 Å². The molecule has 0 spiro atoms. The van der Waals surface area contributed by atoms with E-state index in [1.54, 1.807) is 0 Å². The van der Waals surface area contributed by atoms with Crippen molar-refractivity contribution in [2.24, 2.45) is 0 Å². The fourth-order valence-corrected chi connectivity index (χ4v) is 9.35. The number of anilines is 6. The van der Waals surface area contributed by atoms with Gasteiger partial charge in [0.05, 0.1) is 11.4 Å². The summed E-state index contributed by atoms with van der Waals surface area (Å²) in [6.45, 7) is 0. The molecular formula is C58H38N2O. The zero-order valence-corrected chi connectivity index (χ0v) is 33.2. The van der Waals surface area contributed by atoms with Crippen LogP contribution >= 0.6 is 0 Å². The molecule has 286 valence electrons. The van der Waals surface area contributed by atoms with Crippen LogP contribution in [0.25, 0.3) is 76.2 Å². The highest BCUT2D eigenvalue weighted by Gasteiger charge is 2.22. The van der Waals surface area contributed by atoms with Crippen molar-refractivity contribution < 1.29 is 4.42 Å². The number of hydrogen-bond donors (Lipinski definition) is 0. The molecule has 0 fully saturated rings. The quantitative estimate of drug-likeness (QED) is 0.150. The van der Waals surface area contributed by atoms with E-state index in [4.69, 9.17) is 4.42 Å². The van der Waals surface area contributed by atoms with Gasteiger partial charge in [-0.25, -0.2) is 0 Å². The Bertz CT molecular complexity index is 3600. The van der Waals surface area contributed by atoms with Crippen LogP contribution in [-0.4, -0.2) is 0 Å². The fourth-order valence-electron chi connectivity index (χ4n) is 9.35. The summed E-state index contributed by atoms with van der Waals surface area (Å²) in [7, 11) is 0. The number of nitrogens with zero attached hydrogens (tertiary/aromatic N) is 2. The summed E-state index contributed by atoms with van der Waals surface area (Å²) >= 11 is 0. The van der Waals surface area contributed by atoms with Gasteiger partial charge < -0.3 is 14.2 Å². The van der Waals surface area contributed by atoms with E-state index in [2.05, 4.69) is 228 Å². The highest BCUT2D eigenvalue weighted by atomic mass is 16.3. The largest absolute Gasteiger partial charge is 0.456 e. The van der Waals surface area contributed by atoms with E-state index in [1.807, 2.05) is 12.1 Å². The van der Waals surface area contributed by atoms with Gasteiger partial charge in [-0.3, -0.25) is 0 Å². The second-order valence-electron chi connectivity index (χ2n) is 15.7. The molecule has 0 unspecified atom stereocenters. The molecule has 0 amide bonds. The van der Waals surface area contributed by atoms with E-state index in [0.717, 1.165) is 61.4 Å². The van der Waals surface area contributed by atoms with Crippen LogP contribution in [-0.2, 0) is 0 Å². The molecule has 3 heteroatoms. The maximum atomic E-state index is 6.26. The van der Waals surface area contributed by atoms with Crippen molar-refractivity contribution in [1.29, 1.82) is 0 Å². The van der Waals surface area contributed by atoms with Gasteiger partial charge >= 0.3 is 0 Å². The third kappa shape index (κ3) is 5.90. The zero-order chi connectivity index (χ0) is 40.3. The van der Waals surface area contributed by atoms with Gasteiger partial charge in [0.1, 0.15) is 11.2 Å². The molecule has 0 bridgehead atoms. The van der Waals surface area contributed by atoms with Crippen LogP contribution in [0.1, 0.15) is 0 Å². The van der Waals surface area contributed by atoms with E-state index in [1.165, 1.54) is 48.8 Å². The molecule has 0 radical (unpaired) electrons. The molecule has 12 rings (SSSR count). The van der Waals surface area contributed by atoms with Crippen LogP contribution < -0.4 is 9.80 Å². The molecule has 0 aliphatic heterocycles. The van der Waals surface area contributed by atoms with Crippen molar-refractivity contribution in [1.82, 2.24) is 0 Å². The van der Waals surface area contributed by atoms with Crippen molar-refractivity contribution in [3.63, 3.8) is 0 Å². The monoisotopic (exact) mass is 778 g/mol. The SMILES string of the molecule is c1ccc(N(c2ccc3oc4ccccc4c3c2)c2ccc3c(N(c4ccc(-c5cccc6ccccc56)cc4)c4cccc5ccccc45)cc4ccccc4c3c2)cc1. The summed E-state index contributed by atoms with van der Waals surface area (Å²) < 4.78 is 6.26. The first-order valence-corrected chi connectivity index (χ1v) is 20.8. The number of hydrogen-bond acceptors (Lipinski definition) is 3. The summed E-state index contributed by atoms with van der Waals surface area (Å²) in [6, 6.07) is 83.2. The Morgan fingerprint density at radius 2 is 0.820 bits per heavy atom. The first-order valence-electron chi connectivity index (χ1n) is 20.8. The molecule has 1 heterocycles. The Hall–Kier alpha value is -8.14. The number of rotatable bonds is 7. The Labute approximate surface area is 353 Å². The maximum Gasteiger partial charge on any atom is 0.135 e. The van der Waals surface area contributed by atoms with Gasteiger partial charge in [-0.15, -0.1) is 0 Å². The van der Waals surface area contributed by atoms with E-state index in [0.29, 0.717) is 0 Å². The van der Waals surface area contributed by atoms with Gasteiger partial charge in [-0.1, -0.05) is 158 Å². The number of furan rings is 1. The summed E-state index contributed by atoms with van der Waals surface area (Å²) in [5.74, 6) is 0. The zero-order valence-electron chi connectivity index (χ0n) is 33.2. The molecule has 0 N–H and O–H groups in total. The number of fused-ring (bicyclic) bond motifs is 8. The van der Waals surface area contributed by atoms with Crippen LogP contribution in [0.2, 0.25) is 0 Å². The van der Waals surface area contributed by atoms with Crippen LogP contribution in [0, 0.1) is 0 Å². The van der Waals surface area contributed by atoms with Crippen molar-refractivity contribution in [2.45, 2.75) is 0 Å². The third-order valence-electron chi connectivity index (χ3n) is 12.2. The van der Waals surface area contributed by atoms with Gasteiger partial charge in [0.25, 0.3) is 0 Å². The van der Waals surface area contributed by atoms with E-state index < -0.39 is 0 Å². The number of benzene rings is 11. The van der Waals surface area contributed by atoms with Crippen LogP contribution in [0.4, 0.5) is 34.1 Å². The molecular weight excluding hydrogens is 741 g/mol. The Kier molecular flexibility index (Phi) is 8.17. The first kappa shape index (κ1) is 34.9. The molecule has 1 aromatic heterocycles. The maximum absolute atomic E-state index is 6.26. The topological polar surface area (TPSA) is 19.6 Å². The summed E-state index contributed by atoms with van der Waals surface area (Å²) in [5, 5.41) is 11.8. The Balaban J connectivity index is 1.08. The smallest absolute Gasteiger partial charge is 0.135 e. The van der Waals surface area contributed by atoms with Crippen molar-refractivity contribution >= 4 is 99.2 Å². The average Bonchev–Trinajstić information content (AvgIpc) is 3.70. The van der Waals surface area contributed by atoms with Crippen LogP contribution in [0.3, 0.4) is 0 Å². The molecule has 12 aromatic rings. The predicted octanol–water partition coefficient (Wildman–Crippen LogP) is 16.8. The lowest BCUT2D eigenvalue weighted by Crippen LogP contribution is -2.12. The highest BCUT2D eigenvalue weighted by molar-refractivity contribution is 6.17. The summed E-state index contributed by atoms with van der Waals surface area (Å²) in [5.41, 5.74) is 10.7. The predicted molar refractivity (Wildman–Crippen MR) is 259 cm³/mol. The molecule has 0 atom stereocenters. The molecule has 61 heavy (non-hydrogen) atoms. The summed E-state index contributed by atoms with van der Waals surface area (Å²) in [4.78, 5) is 4.81. The lowest BCUT2D eigenvalue weighted by atomic mass is 9.96. The average molecular weight is 779 g/mol. The van der Waals surface area contributed by atoms with E-state index >= 15 is 0 Å². The molecule has 3 nitrogen and oxygen atoms in total.